The maximum atomic E-state index is 13.1. The number of aromatic nitrogens is 4. The Morgan fingerprint density at radius 2 is 2.00 bits per heavy atom. The lowest BCUT2D eigenvalue weighted by Crippen LogP contribution is -2.30. The molecule has 0 bridgehead atoms. The van der Waals surface area contributed by atoms with Gasteiger partial charge >= 0.3 is 0 Å². The Morgan fingerprint density at radius 3 is 2.71 bits per heavy atom. The predicted molar refractivity (Wildman–Crippen MR) is 80.6 cm³/mol. The topological polar surface area (TPSA) is 81.8 Å². The van der Waals surface area contributed by atoms with Crippen molar-refractivity contribution in [3.8, 4) is 5.82 Å². The zero-order valence-electron chi connectivity index (χ0n) is 12.2. The molecule has 24 heavy (non-hydrogen) atoms. The van der Waals surface area contributed by atoms with Gasteiger partial charge in [-0.3, -0.25) is 9.59 Å². The molecule has 0 saturated carbocycles. The van der Waals surface area contributed by atoms with Crippen LogP contribution < -0.4 is 10.9 Å². The summed E-state index contributed by atoms with van der Waals surface area (Å²) in [6.45, 7) is -0.382. The van der Waals surface area contributed by atoms with Crippen LogP contribution in [0.1, 0.15) is 0 Å². The molecule has 3 aromatic rings. The molecule has 7 nitrogen and oxygen atoms in total. The van der Waals surface area contributed by atoms with Crippen molar-refractivity contribution in [2.75, 3.05) is 5.32 Å². The van der Waals surface area contributed by atoms with E-state index in [0.717, 1.165) is 16.8 Å². The first-order valence-corrected chi connectivity index (χ1v) is 6.86. The van der Waals surface area contributed by atoms with Crippen LogP contribution in [0.25, 0.3) is 5.82 Å². The lowest BCUT2D eigenvalue weighted by atomic mass is 10.3. The molecule has 1 aromatic carbocycles. The van der Waals surface area contributed by atoms with Gasteiger partial charge in [-0.15, -0.1) is 5.10 Å². The van der Waals surface area contributed by atoms with Crippen LogP contribution in [0.2, 0.25) is 0 Å². The van der Waals surface area contributed by atoms with Gasteiger partial charge in [0.25, 0.3) is 5.56 Å². The first-order chi connectivity index (χ1) is 11.5. The molecule has 0 radical (unpaired) electrons. The van der Waals surface area contributed by atoms with Crippen LogP contribution in [-0.4, -0.2) is 25.5 Å². The van der Waals surface area contributed by atoms with E-state index in [9.17, 15) is 18.4 Å². The standard InChI is InChI=1S/C15H11F2N5O2/c16-11-3-2-10(8-12(11)17)19-14(23)9-22-15(24)5-4-13(20-22)21-7-1-6-18-21/h1-8H,9H2,(H,19,23). The highest BCUT2D eigenvalue weighted by molar-refractivity contribution is 5.90. The summed E-state index contributed by atoms with van der Waals surface area (Å²) in [6, 6.07) is 7.38. The quantitative estimate of drug-likeness (QED) is 0.782. The minimum absolute atomic E-state index is 0.0789. The first kappa shape index (κ1) is 15.5. The van der Waals surface area contributed by atoms with Crippen LogP contribution in [0.3, 0.4) is 0 Å². The maximum Gasteiger partial charge on any atom is 0.267 e. The van der Waals surface area contributed by atoms with E-state index in [4.69, 9.17) is 0 Å². The Morgan fingerprint density at radius 1 is 1.17 bits per heavy atom. The molecular weight excluding hydrogens is 320 g/mol. The molecule has 0 unspecified atom stereocenters. The van der Waals surface area contributed by atoms with Gasteiger partial charge in [-0.25, -0.2) is 18.1 Å². The molecule has 3 rings (SSSR count). The SMILES string of the molecule is O=C(Cn1nc(-n2cccn2)ccc1=O)Nc1ccc(F)c(F)c1. The average Bonchev–Trinajstić information content (AvgIpc) is 3.07. The van der Waals surface area contributed by atoms with Crippen molar-refractivity contribution in [3.05, 3.63) is 70.8 Å². The normalized spacial score (nSPS) is 10.6. The first-order valence-electron chi connectivity index (χ1n) is 6.86. The number of hydrogen-bond acceptors (Lipinski definition) is 4. The lowest BCUT2D eigenvalue weighted by Gasteiger charge is -2.08. The van der Waals surface area contributed by atoms with E-state index in [0.29, 0.717) is 5.82 Å². The Balaban J connectivity index is 1.77. The minimum Gasteiger partial charge on any atom is -0.324 e. The zero-order valence-corrected chi connectivity index (χ0v) is 12.2. The molecule has 2 heterocycles. The van der Waals surface area contributed by atoms with Gasteiger partial charge in [0, 0.05) is 30.2 Å². The van der Waals surface area contributed by atoms with Crippen molar-refractivity contribution >= 4 is 11.6 Å². The predicted octanol–water partition coefficient (Wildman–Crippen LogP) is 1.35. The molecule has 2 aromatic heterocycles. The molecule has 0 spiro atoms. The summed E-state index contributed by atoms with van der Waals surface area (Å²) in [5.41, 5.74) is -0.401. The number of carbonyl (C=O) groups excluding carboxylic acids is 1. The largest absolute Gasteiger partial charge is 0.324 e. The Hall–Kier alpha value is -3.36. The van der Waals surface area contributed by atoms with Gasteiger partial charge in [0.05, 0.1) is 0 Å². The molecule has 1 amide bonds. The van der Waals surface area contributed by atoms with E-state index in [1.807, 2.05) is 0 Å². The molecule has 0 aliphatic heterocycles. The highest BCUT2D eigenvalue weighted by Crippen LogP contribution is 2.13. The zero-order chi connectivity index (χ0) is 17.1. The molecular formula is C15H11F2N5O2. The van der Waals surface area contributed by atoms with Crippen LogP contribution in [0.5, 0.6) is 0 Å². The van der Waals surface area contributed by atoms with Crippen molar-refractivity contribution < 1.29 is 13.6 Å². The Labute approximate surface area is 134 Å². The fraction of sp³-hybridized carbons (Fsp3) is 0.0667. The second kappa shape index (κ2) is 6.41. The third kappa shape index (κ3) is 3.35. The number of nitrogens with zero attached hydrogens (tertiary/aromatic N) is 4. The van der Waals surface area contributed by atoms with Crippen molar-refractivity contribution in [1.29, 1.82) is 0 Å². The van der Waals surface area contributed by atoms with Gasteiger partial charge in [0.15, 0.2) is 17.5 Å². The Bertz CT molecular complexity index is 937. The molecule has 0 atom stereocenters. The van der Waals surface area contributed by atoms with Crippen molar-refractivity contribution in [3.63, 3.8) is 0 Å². The number of anilines is 1. The van der Waals surface area contributed by atoms with Gasteiger partial charge in [-0.1, -0.05) is 0 Å². The van der Waals surface area contributed by atoms with Gasteiger partial charge in [-0.05, 0) is 24.3 Å². The number of halogens is 2. The van der Waals surface area contributed by atoms with Crippen molar-refractivity contribution in [2.24, 2.45) is 0 Å². The lowest BCUT2D eigenvalue weighted by molar-refractivity contribution is -0.117. The van der Waals surface area contributed by atoms with E-state index in [1.165, 1.54) is 22.9 Å². The molecule has 1 N–H and O–H groups in total. The second-order valence-corrected chi connectivity index (χ2v) is 4.82. The number of carbonyl (C=O) groups is 1. The van der Waals surface area contributed by atoms with E-state index in [-0.39, 0.29) is 12.2 Å². The molecule has 9 heteroatoms. The third-order valence-electron chi connectivity index (χ3n) is 3.09. The summed E-state index contributed by atoms with van der Waals surface area (Å²) in [5.74, 6) is -2.34. The summed E-state index contributed by atoms with van der Waals surface area (Å²) >= 11 is 0. The van der Waals surface area contributed by atoms with Crippen LogP contribution in [-0.2, 0) is 11.3 Å². The molecule has 0 saturated heterocycles. The monoisotopic (exact) mass is 331 g/mol. The van der Waals surface area contributed by atoms with Gasteiger partial charge in [0.1, 0.15) is 6.54 Å². The number of amides is 1. The van der Waals surface area contributed by atoms with Crippen LogP contribution in [0, 0.1) is 11.6 Å². The fourth-order valence-corrected chi connectivity index (χ4v) is 1.99. The molecule has 0 aliphatic rings. The van der Waals surface area contributed by atoms with Gasteiger partial charge < -0.3 is 5.32 Å². The van der Waals surface area contributed by atoms with Crippen molar-refractivity contribution in [2.45, 2.75) is 6.54 Å². The number of hydrogen-bond donors (Lipinski definition) is 1. The summed E-state index contributed by atoms with van der Waals surface area (Å²) < 4.78 is 28.4. The second-order valence-electron chi connectivity index (χ2n) is 4.82. The minimum atomic E-state index is -1.08. The molecule has 122 valence electrons. The summed E-state index contributed by atoms with van der Waals surface area (Å²) in [4.78, 5) is 23.8. The number of nitrogens with one attached hydrogen (secondary N) is 1. The maximum absolute atomic E-state index is 13.1. The highest BCUT2D eigenvalue weighted by Gasteiger charge is 2.10. The number of benzene rings is 1. The van der Waals surface area contributed by atoms with E-state index in [1.54, 1.807) is 18.5 Å². The average molecular weight is 331 g/mol. The smallest absolute Gasteiger partial charge is 0.267 e. The van der Waals surface area contributed by atoms with Crippen molar-refractivity contribution in [1.82, 2.24) is 19.6 Å². The van der Waals surface area contributed by atoms with Gasteiger partial charge in [0.2, 0.25) is 5.91 Å². The van der Waals surface area contributed by atoms with E-state index < -0.39 is 23.1 Å². The highest BCUT2D eigenvalue weighted by atomic mass is 19.2. The molecule has 0 aliphatic carbocycles. The summed E-state index contributed by atoms with van der Waals surface area (Å²) in [5, 5.41) is 10.4. The summed E-state index contributed by atoms with van der Waals surface area (Å²) in [7, 11) is 0. The van der Waals surface area contributed by atoms with Crippen LogP contribution >= 0.6 is 0 Å². The van der Waals surface area contributed by atoms with Crippen LogP contribution in [0.4, 0.5) is 14.5 Å². The van der Waals surface area contributed by atoms with Gasteiger partial charge in [-0.2, -0.15) is 5.10 Å². The molecule has 0 fully saturated rings. The third-order valence-corrected chi connectivity index (χ3v) is 3.09. The summed E-state index contributed by atoms with van der Waals surface area (Å²) in [6.07, 6.45) is 3.19. The number of rotatable bonds is 4. The van der Waals surface area contributed by atoms with E-state index >= 15 is 0 Å². The Kier molecular flexibility index (Phi) is 4.15. The van der Waals surface area contributed by atoms with Crippen LogP contribution in [0.15, 0.2) is 53.6 Å². The fourth-order valence-electron chi connectivity index (χ4n) is 1.99. The van der Waals surface area contributed by atoms with E-state index in [2.05, 4.69) is 15.5 Å².